The third-order valence-corrected chi connectivity index (χ3v) is 7.95. The molecular formula is C28H32ClN3O5S. The van der Waals surface area contributed by atoms with E-state index in [1.165, 1.54) is 24.1 Å². The highest BCUT2D eigenvalue weighted by Gasteiger charge is 2.32. The maximum atomic E-state index is 13.8. The van der Waals surface area contributed by atoms with Crippen LogP contribution in [0.3, 0.4) is 0 Å². The first-order valence-corrected chi connectivity index (χ1v) is 14.0. The van der Waals surface area contributed by atoms with E-state index < -0.39 is 28.5 Å². The Kier molecular flexibility index (Phi) is 10.2. The van der Waals surface area contributed by atoms with Crippen LogP contribution in [0.1, 0.15) is 25.8 Å². The predicted octanol–water partition coefficient (Wildman–Crippen LogP) is 4.49. The minimum atomic E-state index is -4.14. The van der Waals surface area contributed by atoms with Gasteiger partial charge in [0.1, 0.15) is 18.3 Å². The fourth-order valence-electron chi connectivity index (χ4n) is 3.81. The van der Waals surface area contributed by atoms with Crippen molar-refractivity contribution in [2.24, 2.45) is 0 Å². The lowest BCUT2D eigenvalue weighted by Gasteiger charge is -2.32. The quantitative estimate of drug-likeness (QED) is 0.354. The number of carbonyl (C=O) groups is 2. The Morgan fingerprint density at radius 3 is 2.29 bits per heavy atom. The first kappa shape index (κ1) is 29.0. The molecule has 2 amide bonds. The molecule has 0 aliphatic rings. The minimum Gasteiger partial charge on any atom is -0.497 e. The molecule has 202 valence electrons. The van der Waals surface area contributed by atoms with Gasteiger partial charge in [-0.1, -0.05) is 48.9 Å². The van der Waals surface area contributed by atoms with Gasteiger partial charge in [-0.25, -0.2) is 8.42 Å². The topological polar surface area (TPSA) is 96.0 Å². The Hall–Kier alpha value is -3.56. The number of para-hydroxylation sites is 1. The van der Waals surface area contributed by atoms with E-state index in [1.807, 2.05) is 6.92 Å². The number of sulfonamides is 1. The van der Waals surface area contributed by atoms with Gasteiger partial charge in [-0.2, -0.15) is 0 Å². The van der Waals surface area contributed by atoms with Crippen molar-refractivity contribution in [2.75, 3.05) is 24.5 Å². The molecule has 0 saturated heterocycles. The molecule has 0 heterocycles. The summed E-state index contributed by atoms with van der Waals surface area (Å²) < 4.78 is 33.7. The minimum absolute atomic E-state index is 0.00471. The Labute approximate surface area is 229 Å². The summed E-state index contributed by atoms with van der Waals surface area (Å²) in [5, 5.41) is 3.31. The van der Waals surface area contributed by atoms with Crippen LogP contribution >= 0.6 is 11.6 Å². The second kappa shape index (κ2) is 13.3. The maximum Gasteiger partial charge on any atom is 0.264 e. The number of hydrogen-bond acceptors (Lipinski definition) is 5. The second-order valence-corrected chi connectivity index (χ2v) is 10.9. The van der Waals surface area contributed by atoms with E-state index in [9.17, 15) is 18.0 Å². The predicted molar refractivity (Wildman–Crippen MR) is 149 cm³/mol. The molecule has 1 atom stereocenters. The molecule has 0 aliphatic heterocycles. The standard InChI is InChI=1S/C28H32ClN3O5S/c1-4-17-30-28(34)21(2)31(19-22-9-8-10-23(29)18-22)27(33)20-32(24-11-6-5-7-12-24)38(35,36)26-15-13-25(37-3)14-16-26/h5-16,18,21H,4,17,19-20H2,1-3H3,(H,30,34)/t21-/m0/s1. The monoisotopic (exact) mass is 557 g/mol. The summed E-state index contributed by atoms with van der Waals surface area (Å²) >= 11 is 6.15. The summed E-state index contributed by atoms with van der Waals surface area (Å²) in [6.07, 6.45) is 0.739. The second-order valence-electron chi connectivity index (χ2n) is 8.64. The molecule has 3 rings (SSSR count). The molecule has 3 aromatic rings. The molecule has 8 nitrogen and oxygen atoms in total. The van der Waals surface area contributed by atoms with E-state index in [4.69, 9.17) is 16.3 Å². The molecule has 0 saturated carbocycles. The summed E-state index contributed by atoms with van der Waals surface area (Å²) in [5.74, 6) is -0.359. The van der Waals surface area contributed by atoms with Crippen molar-refractivity contribution in [3.63, 3.8) is 0 Å². The zero-order chi connectivity index (χ0) is 27.7. The summed E-state index contributed by atoms with van der Waals surface area (Å²) in [4.78, 5) is 28.0. The van der Waals surface area contributed by atoms with Crippen molar-refractivity contribution < 1.29 is 22.7 Å². The SMILES string of the molecule is CCCNC(=O)[C@H](C)N(Cc1cccc(Cl)c1)C(=O)CN(c1ccccc1)S(=O)(=O)c1ccc(OC)cc1. The number of ether oxygens (including phenoxy) is 1. The van der Waals surface area contributed by atoms with Gasteiger partial charge in [-0.15, -0.1) is 0 Å². The van der Waals surface area contributed by atoms with Crippen LogP contribution in [0.5, 0.6) is 5.75 Å². The number of carbonyl (C=O) groups excluding carboxylic acids is 2. The summed E-state index contributed by atoms with van der Waals surface area (Å²) in [7, 11) is -2.65. The summed E-state index contributed by atoms with van der Waals surface area (Å²) in [5.41, 5.74) is 1.03. The maximum absolute atomic E-state index is 13.8. The summed E-state index contributed by atoms with van der Waals surface area (Å²) in [6.45, 7) is 3.58. The third-order valence-electron chi connectivity index (χ3n) is 5.93. The fraction of sp³-hybridized carbons (Fsp3) is 0.286. The number of hydrogen-bond donors (Lipinski definition) is 1. The number of amides is 2. The van der Waals surface area contributed by atoms with Crippen molar-refractivity contribution in [3.8, 4) is 5.75 Å². The van der Waals surface area contributed by atoms with Crippen LogP contribution in [0.4, 0.5) is 5.69 Å². The zero-order valence-corrected chi connectivity index (χ0v) is 23.2. The molecule has 0 unspecified atom stereocenters. The number of benzene rings is 3. The Bertz CT molecular complexity index is 1330. The number of rotatable bonds is 12. The van der Waals surface area contributed by atoms with E-state index in [0.717, 1.165) is 10.7 Å². The fourth-order valence-corrected chi connectivity index (χ4v) is 5.44. The molecule has 0 aromatic heterocycles. The molecule has 0 radical (unpaired) electrons. The largest absolute Gasteiger partial charge is 0.497 e. The van der Waals surface area contributed by atoms with E-state index >= 15 is 0 Å². The van der Waals surface area contributed by atoms with Crippen LogP contribution in [-0.4, -0.2) is 51.4 Å². The molecule has 3 aromatic carbocycles. The highest BCUT2D eigenvalue weighted by Crippen LogP contribution is 2.26. The van der Waals surface area contributed by atoms with Gasteiger partial charge in [0.25, 0.3) is 10.0 Å². The summed E-state index contributed by atoms with van der Waals surface area (Å²) in [6, 6.07) is 20.5. The van der Waals surface area contributed by atoms with Crippen molar-refractivity contribution in [1.82, 2.24) is 10.2 Å². The van der Waals surface area contributed by atoms with Gasteiger partial charge < -0.3 is 15.0 Å². The molecule has 38 heavy (non-hydrogen) atoms. The van der Waals surface area contributed by atoms with Crippen LogP contribution in [0.25, 0.3) is 0 Å². The third kappa shape index (κ3) is 7.26. The molecule has 0 aliphatic carbocycles. The van der Waals surface area contributed by atoms with Crippen molar-refractivity contribution in [3.05, 3.63) is 89.4 Å². The van der Waals surface area contributed by atoms with Gasteiger partial charge in [0.05, 0.1) is 17.7 Å². The lowest BCUT2D eigenvalue weighted by molar-refractivity contribution is -0.139. The van der Waals surface area contributed by atoms with Crippen LogP contribution in [0, 0.1) is 0 Å². The Morgan fingerprint density at radius 2 is 1.68 bits per heavy atom. The van der Waals surface area contributed by atoms with E-state index in [-0.39, 0.29) is 17.3 Å². The number of nitrogens with zero attached hydrogens (tertiary/aromatic N) is 2. The van der Waals surface area contributed by atoms with E-state index in [2.05, 4.69) is 5.32 Å². The highest BCUT2D eigenvalue weighted by atomic mass is 35.5. The van der Waals surface area contributed by atoms with Crippen molar-refractivity contribution >= 4 is 39.1 Å². The van der Waals surface area contributed by atoms with Crippen molar-refractivity contribution in [1.29, 1.82) is 0 Å². The Morgan fingerprint density at radius 1 is 1.00 bits per heavy atom. The normalized spacial score (nSPS) is 11.9. The smallest absolute Gasteiger partial charge is 0.264 e. The van der Waals surface area contributed by atoms with Crippen molar-refractivity contribution in [2.45, 2.75) is 37.8 Å². The average molecular weight is 558 g/mol. The molecule has 0 spiro atoms. The van der Waals surface area contributed by atoms with Crippen LogP contribution in [0.2, 0.25) is 5.02 Å². The van der Waals surface area contributed by atoms with Gasteiger partial charge in [-0.05, 0) is 67.4 Å². The first-order valence-electron chi connectivity index (χ1n) is 12.2. The van der Waals surface area contributed by atoms with Gasteiger partial charge in [0, 0.05) is 18.1 Å². The number of halogens is 1. The molecule has 0 bridgehead atoms. The van der Waals surface area contributed by atoms with Gasteiger partial charge in [-0.3, -0.25) is 13.9 Å². The number of nitrogens with one attached hydrogen (secondary N) is 1. The number of methoxy groups -OCH3 is 1. The number of anilines is 1. The van der Waals surface area contributed by atoms with Gasteiger partial charge >= 0.3 is 0 Å². The average Bonchev–Trinajstić information content (AvgIpc) is 2.93. The van der Waals surface area contributed by atoms with E-state index in [1.54, 1.807) is 73.7 Å². The van der Waals surface area contributed by atoms with Gasteiger partial charge in [0.15, 0.2) is 0 Å². The first-order chi connectivity index (χ1) is 18.2. The molecule has 1 N–H and O–H groups in total. The molecule has 10 heteroatoms. The highest BCUT2D eigenvalue weighted by molar-refractivity contribution is 7.92. The lowest BCUT2D eigenvalue weighted by Crippen LogP contribution is -2.51. The lowest BCUT2D eigenvalue weighted by atomic mass is 10.1. The van der Waals surface area contributed by atoms with E-state index in [0.29, 0.717) is 28.6 Å². The van der Waals surface area contributed by atoms with Crippen LogP contribution < -0.4 is 14.4 Å². The molecule has 0 fully saturated rings. The molecular weight excluding hydrogens is 526 g/mol. The van der Waals surface area contributed by atoms with Crippen LogP contribution in [-0.2, 0) is 26.2 Å². The zero-order valence-electron chi connectivity index (χ0n) is 21.6. The Balaban J connectivity index is 1.99. The van der Waals surface area contributed by atoms with Crippen LogP contribution in [0.15, 0.2) is 83.8 Å². The van der Waals surface area contributed by atoms with Gasteiger partial charge in [0.2, 0.25) is 11.8 Å².